The molecule has 0 spiro atoms. The molecule has 1 saturated heterocycles. The highest BCUT2D eigenvalue weighted by molar-refractivity contribution is 7.91. The molecule has 0 saturated carbocycles. The molecule has 1 aliphatic rings. The molecule has 132 valence electrons. The number of carbonyl (C=O) groups is 1. The summed E-state index contributed by atoms with van der Waals surface area (Å²) in [5.41, 5.74) is 0.659. The van der Waals surface area contributed by atoms with Crippen molar-refractivity contribution in [3.05, 3.63) is 54.6 Å². The fourth-order valence-electron chi connectivity index (χ4n) is 2.63. The Balaban J connectivity index is 1.47. The molecule has 6 nitrogen and oxygen atoms in total. The van der Waals surface area contributed by atoms with E-state index in [1.165, 1.54) is 0 Å². The van der Waals surface area contributed by atoms with E-state index in [1.54, 1.807) is 24.3 Å². The van der Waals surface area contributed by atoms with Gasteiger partial charge in [-0.15, -0.1) is 0 Å². The summed E-state index contributed by atoms with van der Waals surface area (Å²) in [6.45, 7) is 0.0858. The molecule has 2 N–H and O–H groups in total. The van der Waals surface area contributed by atoms with Crippen LogP contribution < -0.4 is 15.4 Å². The molecule has 1 amide bonds. The first kappa shape index (κ1) is 17.4. The van der Waals surface area contributed by atoms with Crippen LogP contribution >= 0.6 is 0 Å². The van der Waals surface area contributed by atoms with E-state index in [1.807, 2.05) is 30.3 Å². The highest BCUT2D eigenvalue weighted by atomic mass is 32.2. The largest absolute Gasteiger partial charge is 0.457 e. The van der Waals surface area contributed by atoms with E-state index in [4.69, 9.17) is 4.74 Å². The van der Waals surface area contributed by atoms with Crippen LogP contribution in [0.15, 0.2) is 54.6 Å². The number of sulfone groups is 1. The third kappa shape index (κ3) is 5.30. The maximum atomic E-state index is 12.0. The number of carbonyl (C=O) groups excluding carboxylic acids is 1. The minimum atomic E-state index is -2.94. The number of amides is 1. The predicted octanol–water partition coefficient (Wildman–Crippen LogP) is 2.19. The predicted molar refractivity (Wildman–Crippen MR) is 96.6 cm³/mol. The standard InChI is InChI=1S/C18H20N2O4S/c21-18(12-19-15-10-11-25(22,23)13-15)20-14-6-8-17(9-7-14)24-16-4-2-1-3-5-16/h1-9,15,19H,10-13H2,(H,20,21). The molecule has 2 aromatic carbocycles. The van der Waals surface area contributed by atoms with Gasteiger partial charge in [0.1, 0.15) is 11.5 Å². The molecule has 1 fully saturated rings. The molecule has 25 heavy (non-hydrogen) atoms. The Morgan fingerprint density at radius 1 is 1.04 bits per heavy atom. The topological polar surface area (TPSA) is 84.5 Å². The lowest BCUT2D eigenvalue weighted by molar-refractivity contribution is -0.115. The monoisotopic (exact) mass is 360 g/mol. The van der Waals surface area contributed by atoms with Crippen molar-refractivity contribution in [1.82, 2.24) is 5.32 Å². The summed E-state index contributed by atoms with van der Waals surface area (Å²) < 4.78 is 28.5. The van der Waals surface area contributed by atoms with Crippen LogP contribution in [0.1, 0.15) is 6.42 Å². The molecule has 0 bridgehead atoms. The second-order valence-electron chi connectivity index (χ2n) is 5.97. The first-order chi connectivity index (χ1) is 12.0. The number of hydrogen-bond acceptors (Lipinski definition) is 5. The van der Waals surface area contributed by atoms with Gasteiger partial charge in [-0.1, -0.05) is 18.2 Å². The molecule has 0 aromatic heterocycles. The van der Waals surface area contributed by atoms with Gasteiger partial charge in [-0.25, -0.2) is 8.42 Å². The van der Waals surface area contributed by atoms with E-state index in [2.05, 4.69) is 10.6 Å². The van der Waals surface area contributed by atoms with E-state index in [0.29, 0.717) is 17.9 Å². The van der Waals surface area contributed by atoms with Gasteiger partial charge in [-0.2, -0.15) is 0 Å². The summed E-state index contributed by atoms with van der Waals surface area (Å²) in [6, 6.07) is 16.4. The molecule has 3 rings (SSSR count). The molecule has 2 aromatic rings. The number of hydrogen-bond donors (Lipinski definition) is 2. The zero-order valence-corrected chi connectivity index (χ0v) is 14.5. The van der Waals surface area contributed by atoms with Crippen molar-refractivity contribution in [1.29, 1.82) is 0 Å². The van der Waals surface area contributed by atoms with E-state index in [9.17, 15) is 13.2 Å². The number of nitrogens with one attached hydrogen (secondary N) is 2. The molecule has 1 heterocycles. The summed E-state index contributed by atoms with van der Waals surface area (Å²) >= 11 is 0. The van der Waals surface area contributed by atoms with Crippen molar-refractivity contribution in [3.63, 3.8) is 0 Å². The van der Waals surface area contributed by atoms with Crippen LogP contribution in [-0.2, 0) is 14.6 Å². The average Bonchev–Trinajstić information content (AvgIpc) is 2.95. The number of anilines is 1. The number of rotatable bonds is 6. The molecular weight excluding hydrogens is 340 g/mol. The van der Waals surface area contributed by atoms with E-state index in [-0.39, 0.29) is 30.0 Å². The number of benzene rings is 2. The zero-order chi connectivity index (χ0) is 17.7. The minimum Gasteiger partial charge on any atom is -0.457 e. The Bertz CT molecular complexity index is 820. The van der Waals surface area contributed by atoms with Crippen molar-refractivity contribution in [2.75, 3.05) is 23.4 Å². The van der Waals surface area contributed by atoms with E-state index >= 15 is 0 Å². The fourth-order valence-corrected chi connectivity index (χ4v) is 4.34. The van der Waals surface area contributed by atoms with Crippen LogP contribution in [0.25, 0.3) is 0 Å². The Hall–Kier alpha value is -2.38. The molecule has 1 unspecified atom stereocenters. The van der Waals surface area contributed by atoms with Gasteiger partial charge in [0.2, 0.25) is 5.91 Å². The van der Waals surface area contributed by atoms with Gasteiger partial charge >= 0.3 is 0 Å². The fraction of sp³-hybridized carbons (Fsp3) is 0.278. The highest BCUT2D eigenvalue weighted by Crippen LogP contribution is 2.22. The van der Waals surface area contributed by atoms with E-state index in [0.717, 1.165) is 5.75 Å². The van der Waals surface area contributed by atoms with Crippen molar-refractivity contribution in [3.8, 4) is 11.5 Å². The summed E-state index contributed by atoms with van der Waals surface area (Å²) in [7, 11) is -2.94. The van der Waals surface area contributed by atoms with E-state index < -0.39 is 9.84 Å². The van der Waals surface area contributed by atoms with Crippen molar-refractivity contribution in [2.45, 2.75) is 12.5 Å². The second-order valence-corrected chi connectivity index (χ2v) is 8.20. The SMILES string of the molecule is O=C(CNC1CCS(=O)(=O)C1)Nc1ccc(Oc2ccccc2)cc1. The van der Waals surface area contributed by atoms with Crippen LogP contribution in [0.3, 0.4) is 0 Å². The summed E-state index contributed by atoms with van der Waals surface area (Å²) in [5.74, 6) is 1.51. The Morgan fingerprint density at radius 3 is 2.36 bits per heavy atom. The first-order valence-electron chi connectivity index (χ1n) is 8.07. The van der Waals surface area contributed by atoms with Crippen LogP contribution in [0, 0.1) is 0 Å². The van der Waals surface area contributed by atoms with Gasteiger partial charge in [0.05, 0.1) is 18.1 Å². The maximum absolute atomic E-state index is 12.0. The summed E-state index contributed by atoms with van der Waals surface area (Å²) in [5, 5.41) is 5.76. The lowest BCUT2D eigenvalue weighted by Crippen LogP contribution is -2.36. The normalized spacial score (nSPS) is 18.6. The Morgan fingerprint density at radius 2 is 1.72 bits per heavy atom. The quantitative estimate of drug-likeness (QED) is 0.825. The van der Waals surface area contributed by atoms with Crippen LogP contribution in [-0.4, -0.2) is 38.4 Å². The minimum absolute atomic E-state index is 0.0858. The summed E-state index contributed by atoms with van der Waals surface area (Å²) in [6.07, 6.45) is 0.557. The van der Waals surface area contributed by atoms with Gasteiger partial charge in [0.25, 0.3) is 0 Å². The zero-order valence-electron chi connectivity index (χ0n) is 13.6. The summed E-state index contributed by atoms with van der Waals surface area (Å²) in [4.78, 5) is 12.0. The lowest BCUT2D eigenvalue weighted by Gasteiger charge is -2.11. The van der Waals surface area contributed by atoms with Gasteiger partial charge in [-0.3, -0.25) is 4.79 Å². The van der Waals surface area contributed by atoms with Crippen molar-refractivity contribution in [2.24, 2.45) is 0 Å². The third-order valence-electron chi connectivity index (χ3n) is 3.90. The van der Waals surface area contributed by atoms with Gasteiger partial charge in [0.15, 0.2) is 9.84 Å². The third-order valence-corrected chi connectivity index (χ3v) is 5.67. The average molecular weight is 360 g/mol. The van der Waals surface area contributed by atoms with Crippen molar-refractivity contribution < 1.29 is 17.9 Å². The first-order valence-corrected chi connectivity index (χ1v) is 9.89. The Labute approximate surface area is 147 Å². The highest BCUT2D eigenvalue weighted by Gasteiger charge is 2.27. The van der Waals surface area contributed by atoms with Crippen LogP contribution in [0.4, 0.5) is 5.69 Å². The molecule has 7 heteroatoms. The van der Waals surface area contributed by atoms with Gasteiger partial charge < -0.3 is 15.4 Å². The maximum Gasteiger partial charge on any atom is 0.238 e. The molecule has 0 aliphatic carbocycles. The van der Waals surface area contributed by atoms with Crippen LogP contribution in [0.2, 0.25) is 0 Å². The molecule has 1 atom stereocenters. The molecule has 0 radical (unpaired) electrons. The number of ether oxygens (including phenoxy) is 1. The van der Waals surface area contributed by atoms with Crippen LogP contribution in [0.5, 0.6) is 11.5 Å². The lowest BCUT2D eigenvalue weighted by atomic mass is 10.2. The van der Waals surface area contributed by atoms with Gasteiger partial charge in [-0.05, 0) is 42.8 Å². The molecule has 1 aliphatic heterocycles. The van der Waals surface area contributed by atoms with Crippen molar-refractivity contribution >= 4 is 21.4 Å². The smallest absolute Gasteiger partial charge is 0.238 e. The number of para-hydroxylation sites is 1. The Kier molecular flexibility index (Phi) is 5.35. The van der Waals surface area contributed by atoms with Gasteiger partial charge in [0, 0.05) is 11.7 Å². The second kappa shape index (κ2) is 7.67. The molecular formula is C18H20N2O4S.